The van der Waals surface area contributed by atoms with Crippen molar-refractivity contribution in [3.05, 3.63) is 66.0 Å². The van der Waals surface area contributed by atoms with Crippen molar-refractivity contribution in [2.24, 2.45) is 0 Å². The number of aromatic nitrogens is 2. The first-order valence-electron chi connectivity index (χ1n) is 10.7. The number of nitrogens with one attached hydrogen (secondary N) is 1. The van der Waals surface area contributed by atoms with E-state index in [1.165, 1.54) is 10.9 Å². The summed E-state index contributed by atoms with van der Waals surface area (Å²) >= 11 is 0. The summed E-state index contributed by atoms with van der Waals surface area (Å²) in [6.45, 7) is 4.87. The molecule has 5 rings (SSSR count). The van der Waals surface area contributed by atoms with Crippen LogP contribution in [-0.2, 0) is 16.4 Å². The van der Waals surface area contributed by atoms with Gasteiger partial charge in [-0.1, -0.05) is 25.1 Å². The number of H-pyrrole nitrogens is 1. The van der Waals surface area contributed by atoms with Crippen LogP contribution in [0, 0.1) is 0 Å². The minimum absolute atomic E-state index is 0.237. The van der Waals surface area contributed by atoms with E-state index in [-0.39, 0.29) is 10.9 Å². The van der Waals surface area contributed by atoms with Crippen LogP contribution in [0.15, 0.2) is 59.6 Å². The zero-order chi connectivity index (χ0) is 21.6. The molecule has 0 saturated heterocycles. The van der Waals surface area contributed by atoms with E-state index in [0.717, 1.165) is 11.2 Å². The second-order valence-corrected chi connectivity index (χ2v) is 9.61. The van der Waals surface area contributed by atoms with Gasteiger partial charge in [0.15, 0.2) is 0 Å². The third-order valence-corrected chi connectivity index (χ3v) is 8.04. The van der Waals surface area contributed by atoms with Gasteiger partial charge in [-0.3, -0.25) is 4.98 Å². The number of hydrogen-bond donors (Lipinski definition) is 1. The minimum atomic E-state index is -3.74. The van der Waals surface area contributed by atoms with Crippen LogP contribution in [0.5, 0.6) is 5.75 Å². The van der Waals surface area contributed by atoms with Crippen molar-refractivity contribution in [1.82, 2.24) is 14.3 Å². The number of benzene rings is 2. The van der Waals surface area contributed by atoms with E-state index >= 15 is 0 Å². The van der Waals surface area contributed by atoms with E-state index in [1.807, 2.05) is 32.0 Å². The third kappa shape index (κ3) is 3.11. The maximum atomic E-state index is 13.9. The Kier molecular flexibility index (Phi) is 4.95. The Morgan fingerprint density at radius 3 is 2.71 bits per heavy atom. The summed E-state index contributed by atoms with van der Waals surface area (Å²) in [7, 11) is -3.74. The fourth-order valence-corrected chi connectivity index (χ4v) is 6.59. The molecule has 2 aromatic carbocycles. The van der Waals surface area contributed by atoms with Crippen LogP contribution >= 0.6 is 0 Å². The summed E-state index contributed by atoms with van der Waals surface area (Å²) in [6, 6.07) is 14.9. The SMILES string of the molecule is CCOc1ccc(S(=O)(=O)N2CCc3c([nH]c4ccccc34)C2CC)c2cccnc12. The zero-order valence-electron chi connectivity index (χ0n) is 17.6. The highest BCUT2D eigenvalue weighted by Gasteiger charge is 2.38. The average Bonchev–Trinajstić information content (AvgIpc) is 3.17. The van der Waals surface area contributed by atoms with Crippen molar-refractivity contribution in [3.8, 4) is 5.75 Å². The molecule has 0 amide bonds. The van der Waals surface area contributed by atoms with Crippen LogP contribution in [-0.4, -0.2) is 35.8 Å². The van der Waals surface area contributed by atoms with Gasteiger partial charge in [0.05, 0.1) is 17.5 Å². The van der Waals surface area contributed by atoms with Gasteiger partial charge in [0, 0.05) is 34.7 Å². The lowest BCUT2D eigenvalue weighted by Gasteiger charge is -2.34. The maximum Gasteiger partial charge on any atom is 0.244 e. The van der Waals surface area contributed by atoms with E-state index in [0.29, 0.717) is 42.6 Å². The molecular formula is C24H25N3O3S. The molecule has 1 N–H and O–H groups in total. The monoisotopic (exact) mass is 435 g/mol. The van der Waals surface area contributed by atoms with Crippen molar-refractivity contribution < 1.29 is 13.2 Å². The van der Waals surface area contributed by atoms with Crippen LogP contribution in [0.4, 0.5) is 0 Å². The van der Waals surface area contributed by atoms with Crippen molar-refractivity contribution >= 4 is 31.8 Å². The Morgan fingerprint density at radius 1 is 1.10 bits per heavy atom. The molecule has 31 heavy (non-hydrogen) atoms. The van der Waals surface area contributed by atoms with E-state index in [4.69, 9.17) is 4.74 Å². The van der Waals surface area contributed by atoms with Gasteiger partial charge in [-0.25, -0.2) is 8.42 Å². The molecule has 160 valence electrons. The second-order valence-electron chi connectivity index (χ2n) is 7.75. The molecule has 4 aromatic rings. The van der Waals surface area contributed by atoms with E-state index in [9.17, 15) is 8.42 Å². The van der Waals surface area contributed by atoms with Gasteiger partial charge in [0.25, 0.3) is 0 Å². The van der Waals surface area contributed by atoms with Crippen molar-refractivity contribution in [1.29, 1.82) is 0 Å². The number of sulfonamides is 1. The van der Waals surface area contributed by atoms with Crippen molar-refractivity contribution in [3.63, 3.8) is 0 Å². The van der Waals surface area contributed by atoms with Crippen LogP contribution < -0.4 is 4.74 Å². The lowest BCUT2D eigenvalue weighted by atomic mass is 9.98. The minimum Gasteiger partial charge on any atom is -0.492 e. The molecule has 2 aromatic heterocycles. The summed E-state index contributed by atoms with van der Waals surface area (Å²) in [5, 5.41) is 1.77. The summed E-state index contributed by atoms with van der Waals surface area (Å²) in [5.74, 6) is 0.598. The predicted octanol–water partition coefficient (Wildman–Crippen LogP) is 4.81. The fourth-order valence-electron chi connectivity index (χ4n) is 4.74. The van der Waals surface area contributed by atoms with Crippen molar-refractivity contribution in [2.75, 3.05) is 13.2 Å². The molecule has 6 nitrogen and oxygen atoms in total. The molecule has 1 atom stereocenters. The van der Waals surface area contributed by atoms with Gasteiger partial charge in [0.2, 0.25) is 10.0 Å². The number of hydrogen-bond acceptors (Lipinski definition) is 4. The van der Waals surface area contributed by atoms with Gasteiger partial charge in [-0.15, -0.1) is 0 Å². The largest absolute Gasteiger partial charge is 0.492 e. The third-order valence-electron chi connectivity index (χ3n) is 6.08. The summed E-state index contributed by atoms with van der Waals surface area (Å²) < 4.78 is 35.1. The van der Waals surface area contributed by atoms with Gasteiger partial charge < -0.3 is 9.72 Å². The molecule has 1 unspecified atom stereocenters. The summed E-state index contributed by atoms with van der Waals surface area (Å²) in [4.78, 5) is 8.18. The molecule has 1 aliphatic rings. The Balaban J connectivity index is 1.64. The molecule has 0 spiro atoms. The van der Waals surface area contributed by atoms with Crippen molar-refractivity contribution in [2.45, 2.75) is 37.6 Å². The van der Waals surface area contributed by atoms with Gasteiger partial charge in [-0.2, -0.15) is 4.31 Å². The van der Waals surface area contributed by atoms with E-state index < -0.39 is 10.0 Å². The molecule has 0 fully saturated rings. The van der Waals surface area contributed by atoms with Gasteiger partial charge in [-0.05, 0) is 55.7 Å². The van der Waals surface area contributed by atoms with Crippen LogP contribution in [0.1, 0.15) is 37.6 Å². The highest BCUT2D eigenvalue weighted by molar-refractivity contribution is 7.89. The first kappa shape index (κ1) is 20.0. The molecule has 7 heteroatoms. The zero-order valence-corrected chi connectivity index (χ0v) is 18.4. The summed E-state index contributed by atoms with van der Waals surface area (Å²) in [6.07, 6.45) is 3.03. The molecule has 0 aliphatic carbocycles. The molecule has 0 saturated carbocycles. The fraction of sp³-hybridized carbons (Fsp3) is 0.292. The number of pyridine rings is 1. The molecule has 0 bridgehead atoms. The predicted molar refractivity (Wildman–Crippen MR) is 122 cm³/mol. The Hall–Kier alpha value is -2.90. The first-order valence-corrected chi connectivity index (χ1v) is 12.1. The smallest absolute Gasteiger partial charge is 0.244 e. The molecule has 0 radical (unpaired) electrons. The Morgan fingerprint density at radius 2 is 1.90 bits per heavy atom. The normalized spacial score (nSPS) is 17.2. The second kappa shape index (κ2) is 7.66. The number of aromatic amines is 1. The lowest BCUT2D eigenvalue weighted by Crippen LogP contribution is -2.39. The van der Waals surface area contributed by atoms with Crippen LogP contribution in [0.2, 0.25) is 0 Å². The Bertz CT molecular complexity index is 1380. The Labute approximate surface area is 181 Å². The van der Waals surface area contributed by atoms with E-state index in [1.54, 1.807) is 34.8 Å². The van der Waals surface area contributed by atoms with Crippen LogP contribution in [0.25, 0.3) is 21.8 Å². The van der Waals surface area contributed by atoms with E-state index in [2.05, 4.69) is 16.0 Å². The van der Waals surface area contributed by atoms with Crippen LogP contribution in [0.3, 0.4) is 0 Å². The highest BCUT2D eigenvalue weighted by Crippen LogP contribution is 2.40. The van der Waals surface area contributed by atoms with Gasteiger partial charge >= 0.3 is 0 Å². The quantitative estimate of drug-likeness (QED) is 0.488. The average molecular weight is 436 g/mol. The molecule has 3 heterocycles. The summed E-state index contributed by atoms with van der Waals surface area (Å²) in [5.41, 5.74) is 3.86. The first-order chi connectivity index (χ1) is 15.1. The number of fused-ring (bicyclic) bond motifs is 4. The molecule has 1 aliphatic heterocycles. The highest BCUT2D eigenvalue weighted by atomic mass is 32.2. The number of rotatable bonds is 5. The lowest BCUT2D eigenvalue weighted by molar-refractivity contribution is 0.297. The standard InChI is InChI=1S/C24H25N3O3S/c1-3-20-23-17(16-8-5-6-10-19(16)26-23)13-15-27(20)31(28,29)22-12-11-21(30-4-2)24-18(22)9-7-14-25-24/h5-12,14,20,26H,3-4,13,15H2,1-2H3. The number of ether oxygens (including phenoxy) is 1. The molecular weight excluding hydrogens is 410 g/mol. The number of nitrogens with zero attached hydrogens (tertiary/aromatic N) is 2. The van der Waals surface area contributed by atoms with Gasteiger partial charge in [0.1, 0.15) is 11.3 Å². The number of para-hydroxylation sites is 1. The maximum absolute atomic E-state index is 13.9. The topological polar surface area (TPSA) is 75.3 Å².